The lowest BCUT2D eigenvalue weighted by atomic mass is 9.47. The molecular formula is C38H46N2O5. The van der Waals surface area contributed by atoms with E-state index in [0.717, 1.165) is 37.7 Å². The van der Waals surface area contributed by atoms with Crippen LogP contribution in [0.15, 0.2) is 72.6 Å². The number of aromatic nitrogens is 1. The van der Waals surface area contributed by atoms with Crippen molar-refractivity contribution in [1.82, 2.24) is 9.88 Å². The molecule has 1 heterocycles. The van der Waals surface area contributed by atoms with Crippen molar-refractivity contribution < 1.29 is 24.2 Å². The lowest BCUT2D eigenvalue weighted by Crippen LogP contribution is -2.50. The number of esters is 1. The summed E-state index contributed by atoms with van der Waals surface area (Å²) >= 11 is 0. The zero-order valence-electron chi connectivity index (χ0n) is 26.6. The highest BCUT2D eigenvalue weighted by molar-refractivity contribution is 5.81. The number of allylic oxidation sites excluding steroid dienone is 3. The van der Waals surface area contributed by atoms with Gasteiger partial charge in [0, 0.05) is 38.2 Å². The molecule has 4 aliphatic carbocycles. The van der Waals surface area contributed by atoms with Crippen molar-refractivity contribution in [1.29, 1.82) is 0 Å². The lowest BCUT2D eigenvalue weighted by Gasteiger charge is -2.57. The van der Waals surface area contributed by atoms with Gasteiger partial charge >= 0.3 is 11.9 Å². The Morgan fingerprint density at radius 1 is 0.956 bits per heavy atom. The average molecular weight is 611 g/mol. The van der Waals surface area contributed by atoms with Crippen LogP contribution in [0.25, 0.3) is 5.57 Å². The molecule has 1 aromatic heterocycles. The van der Waals surface area contributed by atoms with Crippen LogP contribution < -0.4 is 0 Å². The molecule has 7 nitrogen and oxygen atoms in total. The van der Waals surface area contributed by atoms with Gasteiger partial charge in [0.1, 0.15) is 12.6 Å². The second-order valence-electron chi connectivity index (χ2n) is 14.1. The van der Waals surface area contributed by atoms with Gasteiger partial charge < -0.3 is 14.7 Å². The predicted octanol–water partition coefficient (Wildman–Crippen LogP) is 7.23. The van der Waals surface area contributed by atoms with E-state index in [1.165, 1.54) is 34.5 Å². The van der Waals surface area contributed by atoms with Crippen LogP contribution in [0.5, 0.6) is 0 Å². The van der Waals surface area contributed by atoms with Crippen molar-refractivity contribution >= 4 is 23.4 Å². The normalized spacial score (nSPS) is 30.2. The fourth-order valence-electron chi connectivity index (χ4n) is 9.25. The van der Waals surface area contributed by atoms with Gasteiger partial charge in [-0.05, 0) is 96.3 Å². The maximum atomic E-state index is 12.8. The number of carboxylic acid groups (broad SMARTS) is 1. The van der Waals surface area contributed by atoms with Gasteiger partial charge in [0.15, 0.2) is 0 Å². The van der Waals surface area contributed by atoms with E-state index in [1.807, 2.05) is 48.8 Å². The van der Waals surface area contributed by atoms with E-state index in [1.54, 1.807) is 0 Å². The summed E-state index contributed by atoms with van der Waals surface area (Å²) in [6.45, 7) is 4.82. The first kappa shape index (κ1) is 31.3. The highest BCUT2D eigenvalue weighted by Crippen LogP contribution is 2.66. The molecule has 2 fully saturated rings. The maximum Gasteiger partial charge on any atom is 0.323 e. The van der Waals surface area contributed by atoms with Crippen molar-refractivity contribution in [3.05, 3.63) is 83.7 Å². The van der Waals surface area contributed by atoms with E-state index >= 15 is 0 Å². The third-order valence-corrected chi connectivity index (χ3v) is 11.6. The number of benzene rings is 1. The first-order chi connectivity index (χ1) is 21.7. The van der Waals surface area contributed by atoms with Gasteiger partial charge in [0.25, 0.3) is 0 Å². The van der Waals surface area contributed by atoms with Crippen molar-refractivity contribution in [2.45, 2.75) is 90.7 Å². The molecule has 0 bridgehead atoms. The summed E-state index contributed by atoms with van der Waals surface area (Å²) in [5.41, 5.74) is 5.46. The van der Waals surface area contributed by atoms with Crippen LogP contribution in [0.2, 0.25) is 0 Å². The number of fused-ring (bicyclic) bond motifs is 5. The Bertz CT molecular complexity index is 1470. The quantitative estimate of drug-likeness (QED) is 0.225. The summed E-state index contributed by atoms with van der Waals surface area (Å²) in [7, 11) is 0. The molecule has 7 heteroatoms. The second-order valence-corrected chi connectivity index (χ2v) is 14.1. The largest absolute Gasteiger partial charge is 0.480 e. The molecule has 6 unspecified atom stereocenters. The number of pyridine rings is 1. The molecule has 6 rings (SSSR count). The number of carboxylic acids is 1. The number of carbonyl (C=O) groups is 3. The Morgan fingerprint density at radius 3 is 2.51 bits per heavy atom. The molecule has 1 N–H and O–H groups in total. The fraction of sp³-hybridized carbons (Fsp3) is 0.526. The van der Waals surface area contributed by atoms with Crippen molar-refractivity contribution in [2.24, 2.45) is 28.6 Å². The number of ether oxygens (including phenoxy) is 1. The van der Waals surface area contributed by atoms with Gasteiger partial charge in [-0.2, -0.15) is 0 Å². The molecule has 1 aromatic carbocycles. The summed E-state index contributed by atoms with van der Waals surface area (Å²) in [5.74, 6) is 0.387. The molecule has 0 aliphatic heterocycles. The molecule has 45 heavy (non-hydrogen) atoms. The van der Waals surface area contributed by atoms with Crippen LogP contribution in [-0.4, -0.2) is 45.5 Å². The van der Waals surface area contributed by atoms with E-state index in [9.17, 15) is 19.5 Å². The van der Waals surface area contributed by atoms with Gasteiger partial charge in [0.2, 0.25) is 5.91 Å². The van der Waals surface area contributed by atoms with E-state index < -0.39 is 5.97 Å². The minimum atomic E-state index is -1.05. The Hall–Kier alpha value is -3.74. The van der Waals surface area contributed by atoms with Gasteiger partial charge in [0.05, 0.1) is 0 Å². The molecular weight excluding hydrogens is 564 g/mol. The lowest BCUT2D eigenvalue weighted by molar-refractivity contribution is -0.152. The number of hydrogen-bond acceptors (Lipinski definition) is 5. The third-order valence-electron chi connectivity index (χ3n) is 11.6. The zero-order valence-corrected chi connectivity index (χ0v) is 26.6. The van der Waals surface area contributed by atoms with E-state index in [2.05, 4.69) is 37.0 Å². The van der Waals surface area contributed by atoms with E-state index in [0.29, 0.717) is 24.2 Å². The number of carbonyl (C=O) groups excluding carboxylic acids is 2. The number of rotatable bonds is 10. The topological polar surface area (TPSA) is 96.8 Å². The molecule has 6 atom stereocenters. The minimum Gasteiger partial charge on any atom is -0.480 e. The van der Waals surface area contributed by atoms with Crippen LogP contribution in [0.1, 0.15) is 89.2 Å². The fourth-order valence-corrected chi connectivity index (χ4v) is 9.25. The van der Waals surface area contributed by atoms with Gasteiger partial charge in [-0.15, -0.1) is 0 Å². The monoisotopic (exact) mass is 610 g/mol. The smallest absolute Gasteiger partial charge is 0.323 e. The summed E-state index contributed by atoms with van der Waals surface area (Å²) in [4.78, 5) is 42.8. The summed E-state index contributed by atoms with van der Waals surface area (Å²) < 4.78 is 5.96. The number of hydrogen-bond donors (Lipinski definition) is 1. The Kier molecular flexibility index (Phi) is 8.98. The van der Waals surface area contributed by atoms with Crippen LogP contribution in [0.4, 0.5) is 0 Å². The molecule has 2 saturated carbocycles. The SMILES string of the molecule is CC12CCC(OC(=O)CCCC(=O)N(CC(=O)O)Cc3ccccc3)CC1=CCC1C2CCC2(C)C(c3cccnc3)=CCC12. The number of nitrogens with zero attached hydrogens (tertiary/aromatic N) is 2. The Labute approximate surface area is 266 Å². The first-order valence-corrected chi connectivity index (χ1v) is 16.7. The minimum absolute atomic E-state index is 0.115. The number of amides is 1. The standard InChI is InChI=1S/C38H46N2O5/c1-37-19-17-29(45-36(44)12-6-11-34(41)40(25-35(42)43)24-26-8-4-3-5-9-26)22-28(37)13-14-30-32-16-15-31(27-10-7-21-39-23-27)38(32,2)20-18-33(30)37/h3-5,7-10,13,15,21,23,29-30,32-33H,6,11-12,14,16-20,22,24-25H2,1-2H3,(H,42,43). The molecule has 0 spiro atoms. The summed E-state index contributed by atoms with van der Waals surface area (Å²) in [6.07, 6.45) is 16.7. The molecule has 2 aromatic rings. The van der Waals surface area contributed by atoms with Gasteiger partial charge in [-0.3, -0.25) is 19.4 Å². The highest BCUT2D eigenvalue weighted by atomic mass is 16.5. The van der Waals surface area contributed by atoms with Crippen molar-refractivity contribution in [3.63, 3.8) is 0 Å². The van der Waals surface area contributed by atoms with Gasteiger partial charge in [-0.1, -0.05) is 68.0 Å². The average Bonchev–Trinajstić information content (AvgIpc) is 3.39. The van der Waals surface area contributed by atoms with Crippen molar-refractivity contribution in [3.8, 4) is 0 Å². The summed E-state index contributed by atoms with van der Waals surface area (Å²) in [6, 6.07) is 13.6. The molecule has 0 saturated heterocycles. The highest BCUT2D eigenvalue weighted by Gasteiger charge is 2.57. The van der Waals surface area contributed by atoms with E-state index in [-0.39, 0.29) is 54.7 Å². The predicted molar refractivity (Wildman–Crippen MR) is 173 cm³/mol. The molecule has 238 valence electrons. The molecule has 0 radical (unpaired) electrons. The Morgan fingerprint density at radius 2 is 1.76 bits per heavy atom. The Balaban J connectivity index is 1.01. The van der Waals surface area contributed by atoms with Crippen LogP contribution in [-0.2, 0) is 25.7 Å². The third kappa shape index (κ3) is 6.36. The zero-order chi connectivity index (χ0) is 31.6. The van der Waals surface area contributed by atoms with Gasteiger partial charge in [-0.25, -0.2) is 0 Å². The first-order valence-electron chi connectivity index (χ1n) is 16.7. The summed E-state index contributed by atoms with van der Waals surface area (Å²) in [5, 5.41) is 9.30. The second kappa shape index (κ2) is 12.9. The van der Waals surface area contributed by atoms with E-state index in [4.69, 9.17) is 4.74 Å². The molecule has 4 aliphatic rings. The van der Waals surface area contributed by atoms with Crippen LogP contribution >= 0.6 is 0 Å². The van der Waals surface area contributed by atoms with Crippen LogP contribution in [0, 0.1) is 28.6 Å². The van der Waals surface area contributed by atoms with Crippen LogP contribution in [0.3, 0.4) is 0 Å². The molecule has 1 amide bonds. The number of aliphatic carboxylic acids is 1. The van der Waals surface area contributed by atoms with Crippen molar-refractivity contribution in [2.75, 3.05) is 6.54 Å². The maximum absolute atomic E-state index is 12.8.